The van der Waals surface area contributed by atoms with E-state index in [1.807, 2.05) is 28.2 Å². The lowest BCUT2D eigenvalue weighted by Crippen LogP contribution is -2.43. The quantitative estimate of drug-likeness (QED) is 0.749. The summed E-state index contributed by atoms with van der Waals surface area (Å²) in [7, 11) is 1.87. The maximum absolute atomic E-state index is 12.1. The summed E-state index contributed by atoms with van der Waals surface area (Å²) >= 11 is 1.83. The predicted octanol–water partition coefficient (Wildman–Crippen LogP) is 2.20. The van der Waals surface area contributed by atoms with Gasteiger partial charge in [-0.15, -0.1) is 11.3 Å². The molecule has 1 aromatic rings. The van der Waals surface area contributed by atoms with Gasteiger partial charge in [0, 0.05) is 74.8 Å². The van der Waals surface area contributed by atoms with Crippen molar-refractivity contribution in [3.05, 3.63) is 21.9 Å². The summed E-state index contributed by atoms with van der Waals surface area (Å²) in [6, 6.07) is 4.34. The number of aliphatic carboxylic acids is 1. The van der Waals surface area contributed by atoms with Gasteiger partial charge in [-0.05, 0) is 19.1 Å². The highest BCUT2D eigenvalue weighted by molar-refractivity contribution is 7.11. The first kappa shape index (κ1) is 24.1. The van der Waals surface area contributed by atoms with E-state index < -0.39 is 12.1 Å². The molecule has 0 aromatic carbocycles. The van der Waals surface area contributed by atoms with E-state index in [9.17, 15) is 22.8 Å². The van der Waals surface area contributed by atoms with Crippen molar-refractivity contribution in [2.75, 3.05) is 39.8 Å². The molecule has 2 fully saturated rings. The molecular weight excluding hydrogens is 423 g/mol. The summed E-state index contributed by atoms with van der Waals surface area (Å²) in [4.78, 5) is 41.8. The van der Waals surface area contributed by atoms with Crippen molar-refractivity contribution in [1.29, 1.82) is 0 Å². The Morgan fingerprint density at radius 2 is 1.83 bits per heavy atom. The van der Waals surface area contributed by atoms with E-state index in [0.717, 1.165) is 32.7 Å². The standard InChI is InChI=1S/C17H25N3O2S.C2HF3O2/c1-13-4-5-15(23-13)9-19-6-7-20(14(2)21)12-17(11-19)8-16(22)18(3)10-17;3-2(4,5)1(6)7/h4-5H,6-12H2,1-3H3;(H,6,7). The van der Waals surface area contributed by atoms with Crippen molar-refractivity contribution >= 4 is 29.1 Å². The zero-order valence-electron chi connectivity index (χ0n) is 17.2. The summed E-state index contributed by atoms with van der Waals surface area (Å²) < 4.78 is 31.7. The molecule has 1 atom stereocenters. The molecule has 2 aliphatic heterocycles. The van der Waals surface area contributed by atoms with Gasteiger partial charge in [0.1, 0.15) is 0 Å². The van der Waals surface area contributed by atoms with Crippen molar-refractivity contribution < 1.29 is 32.7 Å². The van der Waals surface area contributed by atoms with Gasteiger partial charge in [0.05, 0.1) is 0 Å². The van der Waals surface area contributed by atoms with E-state index in [1.54, 1.807) is 6.92 Å². The second-order valence-electron chi connectivity index (χ2n) is 7.89. The second kappa shape index (κ2) is 9.34. The van der Waals surface area contributed by atoms with Crippen LogP contribution < -0.4 is 0 Å². The van der Waals surface area contributed by atoms with E-state index in [4.69, 9.17) is 9.90 Å². The van der Waals surface area contributed by atoms with Crippen LogP contribution in [0.2, 0.25) is 0 Å². The summed E-state index contributed by atoms with van der Waals surface area (Å²) in [5.41, 5.74) is -0.125. The third-order valence-corrected chi connectivity index (χ3v) is 6.14. The zero-order valence-corrected chi connectivity index (χ0v) is 18.0. The topological polar surface area (TPSA) is 81.2 Å². The number of thiophene rings is 1. The van der Waals surface area contributed by atoms with Gasteiger partial charge in [0.15, 0.2) is 0 Å². The molecule has 30 heavy (non-hydrogen) atoms. The highest BCUT2D eigenvalue weighted by Gasteiger charge is 2.45. The molecule has 1 N–H and O–H groups in total. The zero-order chi connectivity index (χ0) is 22.7. The molecule has 11 heteroatoms. The maximum atomic E-state index is 12.1. The Morgan fingerprint density at radius 3 is 2.27 bits per heavy atom. The molecule has 2 saturated heterocycles. The van der Waals surface area contributed by atoms with E-state index in [-0.39, 0.29) is 17.2 Å². The Hall–Kier alpha value is -2.14. The summed E-state index contributed by atoms with van der Waals surface area (Å²) in [5.74, 6) is -2.45. The number of nitrogens with zero attached hydrogens (tertiary/aromatic N) is 3. The Kier molecular flexibility index (Phi) is 7.51. The Morgan fingerprint density at radius 1 is 1.20 bits per heavy atom. The first-order valence-corrected chi connectivity index (χ1v) is 10.2. The fourth-order valence-electron chi connectivity index (χ4n) is 3.86. The molecule has 3 heterocycles. The Bertz CT molecular complexity index is 798. The van der Waals surface area contributed by atoms with Crippen LogP contribution in [0.5, 0.6) is 0 Å². The first-order valence-electron chi connectivity index (χ1n) is 9.38. The molecular formula is C19H26F3N3O4S. The normalized spacial score (nSPS) is 22.7. The third-order valence-electron chi connectivity index (χ3n) is 5.16. The van der Waals surface area contributed by atoms with Crippen LogP contribution in [-0.2, 0) is 20.9 Å². The molecule has 1 unspecified atom stereocenters. The lowest BCUT2D eigenvalue weighted by molar-refractivity contribution is -0.192. The van der Waals surface area contributed by atoms with Gasteiger partial charge >= 0.3 is 12.1 Å². The molecule has 168 valence electrons. The summed E-state index contributed by atoms with van der Waals surface area (Å²) in [5, 5.41) is 7.12. The fourth-order valence-corrected chi connectivity index (χ4v) is 4.79. The lowest BCUT2D eigenvalue weighted by Gasteiger charge is -2.33. The molecule has 2 amide bonds. The number of alkyl halides is 3. The number of carboxylic acids is 1. The van der Waals surface area contributed by atoms with Gasteiger partial charge in [0.2, 0.25) is 11.8 Å². The van der Waals surface area contributed by atoms with Gasteiger partial charge in [-0.3, -0.25) is 14.5 Å². The van der Waals surface area contributed by atoms with Crippen LogP contribution >= 0.6 is 11.3 Å². The van der Waals surface area contributed by atoms with Crippen LogP contribution in [0.3, 0.4) is 0 Å². The van der Waals surface area contributed by atoms with Crippen LogP contribution in [0.15, 0.2) is 12.1 Å². The van der Waals surface area contributed by atoms with Gasteiger partial charge in [-0.1, -0.05) is 0 Å². The molecule has 0 aliphatic carbocycles. The second-order valence-corrected chi connectivity index (χ2v) is 9.27. The smallest absolute Gasteiger partial charge is 0.475 e. The lowest BCUT2D eigenvalue weighted by atomic mass is 9.86. The van der Waals surface area contributed by atoms with Crippen molar-refractivity contribution in [2.24, 2.45) is 5.41 Å². The summed E-state index contributed by atoms with van der Waals surface area (Å²) in [6.45, 7) is 8.60. The first-order chi connectivity index (χ1) is 13.8. The van der Waals surface area contributed by atoms with Gasteiger partial charge in [0.25, 0.3) is 0 Å². The minimum atomic E-state index is -5.08. The van der Waals surface area contributed by atoms with Gasteiger partial charge < -0.3 is 14.9 Å². The Balaban J connectivity index is 0.000000396. The Labute approximate surface area is 177 Å². The van der Waals surface area contributed by atoms with Crippen molar-refractivity contribution in [3.8, 4) is 0 Å². The molecule has 0 radical (unpaired) electrons. The highest BCUT2D eigenvalue weighted by Crippen LogP contribution is 2.35. The average molecular weight is 449 g/mol. The van der Waals surface area contributed by atoms with Crippen LogP contribution in [0.25, 0.3) is 0 Å². The van der Waals surface area contributed by atoms with Gasteiger partial charge in [-0.25, -0.2) is 4.79 Å². The molecule has 0 saturated carbocycles. The predicted molar refractivity (Wildman–Crippen MR) is 105 cm³/mol. The van der Waals surface area contributed by atoms with Crippen LogP contribution in [0, 0.1) is 12.3 Å². The minimum Gasteiger partial charge on any atom is -0.475 e. The maximum Gasteiger partial charge on any atom is 0.490 e. The molecule has 0 bridgehead atoms. The number of carbonyl (C=O) groups is 3. The van der Waals surface area contributed by atoms with Gasteiger partial charge in [-0.2, -0.15) is 13.2 Å². The number of aryl methyl sites for hydroxylation is 1. The highest BCUT2D eigenvalue weighted by atomic mass is 32.1. The fraction of sp³-hybridized carbons (Fsp3) is 0.632. The number of hydrogen-bond donors (Lipinski definition) is 1. The number of carboxylic acid groups (broad SMARTS) is 1. The van der Waals surface area contributed by atoms with Crippen molar-refractivity contribution in [1.82, 2.24) is 14.7 Å². The number of rotatable bonds is 2. The van der Waals surface area contributed by atoms with E-state index in [2.05, 4.69) is 24.0 Å². The average Bonchev–Trinajstić information content (AvgIpc) is 3.07. The molecule has 3 rings (SSSR count). The van der Waals surface area contributed by atoms with E-state index in [0.29, 0.717) is 13.0 Å². The number of likely N-dealkylation sites (tertiary alicyclic amines) is 1. The molecule has 1 aromatic heterocycles. The number of carbonyl (C=O) groups excluding carboxylic acids is 2. The van der Waals surface area contributed by atoms with Crippen LogP contribution in [0.1, 0.15) is 23.1 Å². The summed E-state index contributed by atoms with van der Waals surface area (Å²) in [6.07, 6.45) is -4.53. The van der Waals surface area contributed by atoms with Crippen LogP contribution in [0.4, 0.5) is 13.2 Å². The van der Waals surface area contributed by atoms with Crippen LogP contribution in [-0.4, -0.2) is 83.5 Å². The van der Waals surface area contributed by atoms with Crippen molar-refractivity contribution in [2.45, 2.75) is 33.0 Å². The van der Waals surface area contributed by atoms with E-state index in [1.165, 1.54) is 9.75 Å². The molecule has 1 spiro atoms. The number of hydrogen-bond acceptors (Lipinski definition) is 5. The largest absolute Gasteiger partial charge is 0.490 e. The molecule has 7 nitrogen and oxygen atoms in total. The number of halogens is 3. The van der Waals surface area contributed by atoms with Crippen molar-refractivity contribution in [3.63, 3.8) is 0 Å². The SMILES string of the molecule is CC(=O)N1CCN(Cc2ccc(C)s2)CC2(CC(=O)N(C)C2)C1.O=C(O)C(F)(F)F. The monoisotopic (exact) mass is 449 g/mol. The third kappa shape index (κ3) is 6.43. The minimum absolute atomic E-state index is 0.111. The number of amides is 2. The molecule has 2 aliphatic rings. The van der Waals surface area contributed by atoms with E-state index >= 15 is 0 Å².